The van der Waals surface area contributed by atoms with E-state index in [1.165, 1.54) is 5.56 Å². The lowest BCUT2D eigenvalue weighted by molar-refractivity contribution is -0.144. The normalized spacial score (nSPS) is 12.1. The summed E-state index contributed by atoms with van der Waals surface area (Å²) in [6.45, 7) is 4.77. The fourth-order valence-corrected chi connectivity index (χ4v) is 1.96. The van der Waals surface area contributed by atoms with Gasteiger partial charge in [0.05, 0.1) is 6.61 Å². The van der Waals surface area contributed by atoms with E-state index in [1.54, 1.807) is 0 Å². The first-order valence-electron chi connectivity index (χ1n) is 6.98. The van der Waals surface area contributed by atoms with E-state index < -0.39 is 0 Å². The monoisotopic (exact) mass is 248 g/mol. The maximum absolute atomic E-state index is 11.5. The van der Waals surface area contributed by atoms with E-state index in [4.69, 9.17) is 4.74 Å². The molecule has 0 aromatic heterocycles. The number of rotatable bonds is 8. The molecule has 2 nitrogen and oxygen atoms in total. The van der Waals surface area contributed by atoms with Crippen LogP contribution in [0.1, 0.15) is 57.4 Å². The molecule has 0 aliphatic rings. The van der Waals surface area contributed by atoms with Crippen LogP contribution >= 0.6 is 0 Å². The lowest BCUT2D eigenvalue weighted by atomic mass is 9.98. The molecule has 0 aliphatic heterocycles. The van der Waals surface area contributed by atoms with Gasteiger partial charge in [0.15, 0.2) is 0 Å². The van der Waals surface area contributed by atoms with Crippen LogP contribution in [-0.2, 0) is 9.53 Å². The number of esters is 1. The molecule has 2 heteroatoms. The van der Waals surface area contributed by atoms with Crippen molar-refractivity contribution in [2.75, 3.05) is 6.61 Å². The number of carbonyl (C=O) groups excluding carboxylic acids is 1. The molecule has 100 valence electrons. The first-order valence-corrected chi connectivity index (χ1v) is 6.98. The summed E-state index contributed by atoms with van der Waals surface area (Å²) < 4.78 is 5.36. The van der Waals surface area contributed by atoms with Crippen molar-refractivity contribution in [3.8, 4) is 0 Å². The molecular formula is C16H24O2. The van der Waals surface area contributed by atoms with Gasteiger partial charge in [-0.2, -0.15) is 0 Å². The second-order valence-electron chi connectivity index (χ2n) is 4.66. The minimum Gasteiger partial charge on any atom is -0.465 e. The molecule has 0 radical (unpaired) electrons. The highest BCUT2D eigenvalue weighted by Crippen LogP contribution is 2.19. The summed E-state index contributed by atoms with van der Waals surface area (Å²) in [6, 6.07) is 10.3. The Morgan fingerprint density at radius 2 is 1.89 bits per heavy atom. The van der Waals surface area contributed by atoms with Gasteiger partial charge in [0.1, 0.15) is 0 Å². The lowest BCUT2D eigenvalue weighted by Gasteiger charge is -2.15. The highest BCUT2D eigenvalue weighted by molar-refractivity contribution is 5.69. The number of benzene rings is 1. The summed E-state index contributed by atoms with van der Waals surface area (Å²) in [4.78, 5) is 11.5. The molecule has 0 fully saturated rings. The number of unbranched alkanes of at least 4 members (excludes halogenated alkanes) is 2. The van der Waals surface area contributed by atoms with Crippen molar-refractivity contribution in [2.45, 2.75) is 51.9 Å². The van der Waals surface area contributed by atoms with Gasteiger partial charge in [-0.05, 0) is 18.4 Å². The number of ether oxygens (including phenoxy) is 1. The van der Waals surface area contributed by atoms with E-state index in [0.717, 1.165) is 25.7 Å². The summed E-state index contributed by atoms with van der Waals surface area (Å²) in [5, 5.41) is 0. The molecule has 1 rings (SSSR count). The second kappa shape index (κ2) is 8.73. The smallest absolute Gasteiger partial charge is 0.305 e. The van der Waals surface area contributed by atoms with Crippen molar-refractivity contribution in [3.63, 3.8) is 0 Å². The number of hydrogen-bond acceptors (Lipinski definition) is 2. The Morgan fingerprint density at radius 3 is 2.50 bits per heavy atom. The summed E-state index contributed by atoms with van der Waals surface area (Å²) in [5.41, 5.74) is 1.25. The van der Waals surface area contributed by atoms with E-state index in [-0.39, 0.29) is 5.97 Å². The van der Waals surface area contributed by atoms with Crippen molar-refractivity contribution in [3.05, 3.63) is 35.9 Å². The Balaban J connectivity index is 2.34. The SMILES string of the molecule is CCCCCC(=O)OCC(CC)c1ccccc1. The van der Waals surface area contributed by atoms with Crippen molar-refractivity contribution in [2.24, 2.45) is 0 Å². The van der Waals surface area contributed by atoms with Crippen LogP contribution in [0.4, 0.5) is 0 Å². The first kappa shape index (κ1) is 14.7. The zero-order chi connectivity index (χ0) is 13.2. The van der Waals surface area contributed by atoms with E-state index in [2.05, 4.69) is 26.0 Å². The van der Waals surface area contributed by atoms with E-state index in [1.807, 2.05) is 18.2 Å². The molecule has 1 aromatic carbocycles. The van der Waals surface area contributed by atoms with Crippen LogP contribution in [0.2, 0.25) is 0 Å². The minimum absolute atomic E-state index is 0.0576. The van der Waals surface area contributed by atoms with Crippen molar-refractivity contribution in [1.82, 2.24) is 0 Å². The van der Waals surface area contributed by atoms with E-state index in [9.17, 15) is 4.79 Å². The van der Waals surface area contributed by atoms with Gasteiger partial charge < -0.3 is 4.74 Å². The van der Waals surface area contributed by atoms with Crippen LogP contribution in [0.15, 0.2) is 30.3 Å². The second-order valence-corrected chi connectivity index (χ2v) is 4.66. The predicted octanol–water partition coefficient (Wildman–Crippen LogP) is 4.30. The van der Waals surface area contributed by atoms with E-state index >= 15 is 0 Å². The Hall–Kier alpha value is -1.31. The van der Waals surface area contributed by atoms with Gasteiger partial charge >= 0.3 is 5.97 Å². The number of carbonyl (C=O) groups is 1. The quantitative estimate of drug-likeness (QED) is 0.506. The fraction of sp³-hybridized carbons (Fsp3) is 0.562. The molecule has 0 saturated carbocycles. The maximum atomic E-state index is 11.5. The van der Waals surface area contributed by atoms with Crippen LogP contribution in [-0.4, -0.2) is 12.6 Å². The highest BCUT2D eigenvalue weighted by atomic mass is 16.5. The molecule has 0 heterocycles. The van der Waals surface area contributed by atoms with Gasteiger partial charge in [0, 0.05) is 12.3 Å². The maximum Gasteiger partial charge on any atom is 0.305 e. The van der Waals surface area contributed by atoms with E-state index in [0.29, 0.717) is 18.9 Å². The summed E-state index contributed by atoms with van der Waals surface area (Å²) >= 11 is 0. The molecule has 0 saturated heterocycles. The van der Waals surface area contributed by atoms with Gasteiger partial charge in [-0.15, -0.1) is 0 Å². The third kappa shape index (κ3) is 5.35. The molecule has 0 amide bonds. The largest absolute Gasteiger partial charge is 0.465 e. The zero-order valence-corrected chi connectivity index (χ0v) is 11.5. The molecule has 0 aliphatic carbocycles. The highest BCUT2D eigenvalue weighted by Gasteiger charge is 2.11. The molecule has 0 spiro atoms. The standard InChI is InChI=1S/C16H24O2/c1-3-5-7-12-16(17)18-13-14(4-2)15-10-8-6-9-11-15/h6,8-11,14H,3-5,7,12-13H2,1-2H3. The lowest BCUT2D eigenvalue weighted by Crippen LogP contribution is -2.12. The van der Waals surface area contributed by atoms with Crippen LogP contribution in [0.3, 0.4) is 0 Å². The molecule has 18 heavy (non-hydrogen) atoms. The van der Waals surface area contributed by atoms with Crippen molar-refractivity contribution in [1.29, 1.82) is 0 Å². The van der Waals surface area contributed by atoms with Gasteiger partial charge in [-0.1, -0.05) is 57.0 Å². The van der Waals surface area contributed by atoms with Gasteiger partial charge in [-0.3, -0.25) is 4.79 Å². The van der Waals surface area contributed by atoms with Crippen LogP contribution < -0.4 is 0 Å². The summed E-state index contributed by atoms with van der Waals surface area (Å²) in [6.07, 6.45) is 4.72. The average Bonchev–Trinajstić information content (AvgIpc) is 2.41. The minimum atomic E-state index is -0.0576. The van der Waals surface area contributed by atoms with Crippen LogP contribution in [0, 0.1) is 0 Å². The Labute approximate surface area is 110 Å². The molecule has 1 atom stereocenters. The van der Waals surface area contributed by atoms with Crippen LogP contribution in [0.25, 0.3) is 0 Å². The molecule has 1 unspecified atom stereocenters. The predicted molar refractivity (Wildman–Crippen MR) is 74.6 cm³/mol. The zero-order valence-electron chi connectivity index (χ0n) is 11.5. The summed E-state index contributed by atoms with van der Waals surface area (Å²) in [5.74, 6) is 0.263. The third-order valence-electron chi connectivity index (χ3n) is 3.19. The Kier molecular flexibility index (Phi) is 7.16. The van der Waals surface area contributed by atoms with Crippen molar-refractivity contribution < 1.29 is 9.53 Å². The Bertz CT molecular complexity index is 332. The first-order chi connectivity index (χ1) is 8.77. The van der Waals surface area contributed by atoms with Gasteiger partial charge in [0.2, 0.25) is 0 Å². The van der Waals surface area contributed by atoms with Gasteiger partial charge in [-0.25, -0.2) is 0 Å². The molecule has 0 bridgehead atoms. The molecule has 0 N–H and O–H groups in total. The Morgan fingerprint density at radius 1 is 1.17 bits per heavy atom. The van der Waals surface area contributed by atoms with Crippen molar-refractivity contribution >= 4 is 5.97 Å². The molecular weight excluding hydrogens is 224 g/mol. The average molecular weight is 248 g/mol. The molecule has 1 aromatic rings. The summed E-state index contributed by atoms with van der Waals surface area (Å²) in [7, 11) is 0. The van der Waals surface area contributed by atoms with Crippen LogP contribution in [0.5, 0.6) is 0 Å². The number of hydrogen-bond donors (Lipinski definition) is 0. The third-order valence-corrected chi connectivity index (χ3v) is 3.19. The van der Waals surface area contributed by atoms with Gasteiger partial charge in [0.25, 0.3) is 0 Å². The topological polar surface area (TPSA) is 26.3 Å². The fourth-order valence-electron chi connectivity index (χ4n) is 1.96.